The smallest absolute Gasteiger partial charge is 0.332 e. The molecular weight excluding hydrogens is 364 g/mol. The van der Waals surface area contributed by atoms with Crippen LogP contribution in [-0.4, -0.2) is 29.5 Å². The molecule has 2 saturated carbocycles. The first kappa shape index (κ1) is 18.0. The molecule has 2 N–H and O–H groups in total. The summed E-state index contributed by atoms with van der Waals surface area (Å²) in [6.45, 7) is 0. The molecule has 5 rings (SSSR count). The lowest BCUT2D eigenvalue weighted by atomic mass is 9.69. The lowest BCUT2D eigenvalue weighted by Crippen LogP contribution is -2.62. The molecule has 2 unspecified atom stereocenters. The van der Waals surface area contributed by atoms with Crippen molar-refractivity contribution in [2.24, 2.45) is 11.8 Å². The lowest BCUT2D eigenvalue weighted by molar-refractivity contribution is -0.151. The third-order valence-electron chi connectivity index (χ3n) is 6.91. The molecule has 2 fully saturated rings. The molecule has 2 bridgehead atoms. The van der Waals surface area contributed by atoms with E-state index in [1.54, 1.807) is 12.1 Å². The Labute approximate surface area is 169 Å². The Bertz CT molecular complexity index is 1070. The Morgan fingerprint density at radius 3 is 2.62 bits per heavy atom. The molecule has 0 radical (unpaired) electrons. The highest BCUT2D eigenvalue weighted by Gasteiger charge is 2.64. The molecule has 2 aliphatic carbocycles. The molecule has 4 atom stereocenters. The number of hydrogen-bond donors (Lipinski definition) is 2. The van der Waals surface area contributed by atoms with Crippen molar-refractivity contribution in [2.45, 2.75) is 30.7 Å². The Kier molecular flexibility index (Phi) is 4.19. The number of H-pyrrole nitrogens is 1. The number of carbonyl (C=O) groups excluding carboxylic acids is 2. The Morgan fingerprint density at radius 1 is 1.07 bits per heavy atom. The number of hydrogen-bond acceptors (Lipinski definition) is 3. The summed E-state index contributed by atoms with van der Waals surface area (Å²) in [6, 6.07) is 17.2. The van der Waals surface area contributed by atoms with E-state index in [-0.39, 0.29) is 23.7 Å². The summed E-state index contributed by atoms with van der Waals surface area (Å²) < 4.78 is 5.30. The fourth-order valence-electron chi connectivity index (χ4n) is 5.75. The van der Waals surface area contributed by atoms with Gasteiger partial charge in [-0.1, -0.05) is 36.4 Å². The van der Waals surface area contributed by atoms with Gasteiger partial charge in [0.1, 0.15) is 5.54 Å². The Hall–Kier alpha value is -3.08. The number of carbonyl (C=O) groups is 2. The van der Waals surface area contributed by atoms with Gasteiger partial charge in [-0.3, -0.25) is 4.79 Å². The van der Waals surface area contributed by atoms with Crippen LogP contribution in [0, 0.1) is 11.8 Å². The molecule has 0 aliphatic heterocycles. The van der Waals surface area contributed by atoms with E-state index >= 15 is 0 Å². The fraction of sp³-hybridized carbons (Fsp3) is 0.333. The average Bonchev–Trinajstić information content (AvgIpc) is 3.48. The minimum Gasteiger partial charge on any atom is -0.467 e. The summed E-state index contributed by atoms with van der Waals surface area (Å²) in [5.74, 6) is -0.268. The molecule has 5 heteroatoms. The summed E-state index contributed by atoms with van der Waals surface area (Å²) in [5, 5.41) is 4.27. The third kappa shape index (κ3) is 2.60. The van der Waals surface area contributed by atoms with Gasteiger partial charge in [0.15, 0.2) is 0 Å². The predicted molar refractivity (Wildman–Crippen MR) is 111 cm³/mol. The van der Waals surface area contributed by atoms with Crippen molar-refractivity contribution >= 4 is 22.8 Å². The van der Waals surface area contributed by atoms with Crippen LogP contribution >= 0.6 is 0 Å². The monoisotopic (exact) mass is 388 g/mol. The topological polar surface area (TPSA) is 71.2 Å². The fourth-order valence-corrected chi connectivity index (χ4v) is 5.75. The molecule has 2 aliphatic rings. The molecule has 1 amide bonds. The first-order valence-corrected chi connectivity index (χ1v) is 10.2. The van der Waals surface area contributed by atoms with Crippen LogP contribution < -0.4 is 5.32 Å². The Morgan fingerprint density at radius 2 is 1.83 bits per heavy atom. The maximum atomic E-state index is 13.3. The SMILES string of the molecule is COC(=O)[C@@]1(NC(=O)c2ccccc2)C2CCC(C2)[C@@H]1c1c[nH]c2ccccc12. The number of aromatic nitrogens is 1. The molecule has 1 heterocycles. The number of aromatic amines is 1. The van der Waals surface area contributed by atoms with Gasteiger partial charge in [0, 0.05) is 28.6 Å². The zero-order chi connectivity index (χ0) is 20.0. The quantitative estimate of drug-likeness (QED) is 0.663. The molecule has 148 valence electrons. The second-order valence-corrected chi connectivity index (χ2v) is 8.22. The first-order chi connectivity index (χ1) is 14.1. The van der Waals surface area contributed by atoms with Crippen molar-refractivity contribution in [1.82, 2.24) is 10.3 Å². The van der Waals surface area contributed by atoms with E-state index in [1.807, 2.05) is 42.6 Å². The van der Waals surface area contributed by atoms with Crippen molar-refractivity contribution in [1.29, 1.82) is 0 Å². The summed E-state index contributed by atoms with van der Waals surface area (Å²) >= 11 is 0. The van der Waals surface area contributed by atoms with E-state index in [9.17, 15) is 9.59 Å². The van der Waals surface area contributed by atoms with Gasteiger partial charge in [-0.2, -0.15) is 0 Å². The van der Waals surface area contributed by atoms with Gasteiger partial charge in [0.05, 0.1) is 7.11 Å². The predicted octanol–water partition coefficient (Wildman–Crippen LogP) is 4.02. The number of nitrogens with one attached hydrogen (secondary N) is 2. The summed E-state index contributed by atoms with van der Waals surface area (Å²) in [6.07, 6.45) is 4.92. The number of ether oxygens (including phenoxy) is 1. The minimum atomic E-state index is -1.05. The van der Waals surface area contributed by atoms with E-state index in [0.717, 1.165) is 35.7 Å². The maximum Gasteiger partial charge on any atom is 0.332 e. The summed E-state index contributed by atoms with van der Waals surface area (Å²) in [4.78, 5) is 29.8. The van der Waals surface area contributed by atoms with Gasteiger partial charge in [0.2, 0.25) is 0 Å². The Balaban J connectivity index is 1.64. The largest absolute Gasteiger partial charge is 0.467 e. The number of fused-ring (bicyclic) bond motifs is 3. The second kappa shape index (κ2) is 6.76. The van der Waals surface area contributed by atoms with Crippen LogP contribution in [0.25, 0.3) is 10.9 Å². The van der Waals surface area contributed by atoms with E-state index in [1.165, 1.54) is 7.11 Å². The van der Waals surface area contributed by atoms with Gasteiger partial charge < -0.3 is 15.0 Å². The van der Waals surface area contributed by atoms with Crippen LogP contribution in [0.4, 0.5) is 0 Å². The van der Waals surface area contributed by atoms with Gasteiger partial charge >= 0.3 is 5.97 Å². The molecule has 3 aromatic rings. The van der Waals surface area contributed by atoms with Crippen molar-refractivity contribution in [2.75, 3.05) is 7.11 Å². The van der Waals surface area contributed by atoms with Crippen molar-refractivity contribution in [3.05, 3.63) is 71.9 Å². The van der Waals surface area contributed by atoms with Gasteiger partial charge in [-0.25, -0.2) is 4.79 Å². The number of amides is 1. The van der Waals surface area contributed by atoms with Crippen LogP contribution in [0.3, 0.4) is 0 Å². The highest BCUT2D eigenvalue weighted by Crippen LogP contribution is 2.60. The summed E-state index contributed by atoms with van der Waals surface area (Å²) in [7, 11) is 1.41. The van der Waals surface area contributed by atoms with Crippen molar-refractivity contribution in [3.8, 4) is 0 Å². The molecule has 0 saturated heterocycles. The highest BCUT2D eigenvalue weighted by molar-refractivity contribution is 5.99. The molecule has 29 heavy (non-hydrogen) atoms. The van der Waals surface area contributed by atoms with E-state index in [0.29, 0.717) is 11.5 Å². The van der Waals surface area contributed by atoms with E-state index < -0.39 is 5.54 Å². The molecule has 2 aromatic carbocycles. The lowest BCUT2D eigenvalue weighted by Gasteiger charge is -2.42. The normalized spacial score (nSPS) is 27.8. The molecular formula is C24H24N2O3. The van der Waals surface area contributed by atoms with Crippen LogP contribution in [0.1, 0.15) is 41.1 Å². The standard InChI is InChI=1S/C24H24N2O3/c1-29-23(28)24(26-22(27)15-7-3-2-4-8-15)17-12-11-16(13-17)21(24)19-14-25-20-10-6-5-9-18(19)20/h2-10,14,16-17,21,25H,11-13H2,1H3,(H,26,27)/t16?,17?,21-,24-/m1/s1. The van der Waals surface area contributed by atoms with Crippen molar-refractivity contribution in [3.63, 3.8) is 0 Å². The zero-order valence-corrected chi connectivity index (χ0v) is 16.4. The van der Waals surface area contributed by atoms with Crippen molar-refractivity contribution < 1.29 is 14.3 Å². The maximum absolute atomic E-state index is 13.3. The van der Waals surface area contributed by atoms with E-state index in [2.05, 4.69) is 16.4 Å². The van der Waals surface area contributed by atoms with Crippen LogP contribution in [-0.2, 0) is 9.53 Å². The summed E-state index contributed by atoms with van der Waals surface area (Å²) in [5.41, 5.74) is 1.64. The second-order valence-electron chi connectivity index (χ2n) is 8.22. The van der Waals surface area contributed by atoms with Crippen LogP contribution in [0.15, 0.2) is 60.8 Å². The number of esters is 1. The first-order valence-electron chi connectivity index (χ1n) is 10.2. The number of rotatable bonds is 4. The number of para-hydroxylation sites is 1. The van der Waals surface area contributed by atoms with Gasteiger partial charge in [-0.15, -0.1) is 0 Å². The van der Waals surface area contributed by atoms with Gasteiger partial charge in [-0.05, 0) is 54.9 Å². The molecule has 0 spiro atoms. The number of benzene rings is 2. The highest BCUT2D eigenvalue weighted by atomic mass is 16.5. The number of methoxy groups -OCH3 is 1. The third-order valence-corrected chi connectivity index (χ3v) is 6.91. The van der Waals surface area contributed by atoms with Gasteiger partial charge in [0.25, 0.3) is 5.91 Å². The average molecular weight is 388 g/mol. The van der Waals surface area contributed by atoms with Crippen LogP contribution in [0.5, 0.6) is 0 Å². The molecule has 1 aromatic heterocycles. The van der Waals surface area contributed by atoms with E-state index in [4.69, 9.17) is 4.74 Å². The zero-order valence-electron chi connectivity index (χ0n) is 16.4. The van der Waals surface area contributed by atoms with Crippen LogP contribution in [0.2, 0.25) is 0 Å². The molecule has 5 nitrogen and oxygen atoms in total. The minimum absolute atomic E-state index is 0.0753.